The molecule has 25 heavy (non-hydrogen) atoms. The molecule has 0 aliphatic carbocycles. The average Bonchev–Trinajstić information content (AvgIpc) is 3.21. The monoisotopic (exact) mass is 338 g/mol. The number of aromatic amines is 1. The van der Waals surface area contributed by atoms with Gasteiger partial charge < -0.3 is 0 Å². The molecule has 1 atom stereocenters. The smallest absolute Gasteiger partial charge is 0.298 e. The van der Waals surface area contributed by atoms with E-state index in [1.165, 1.54) is 5.56 Å². The number of nitrogens with one attached hydrogen (secondary N) is 1. The van der Waals surface area contributed by atoms with Gasteiger partial charge in [0.15, 0.2) is 0 Å². The Morgan fingerprint density at radius 1 is 1.28 bits per heavy atom. The summed E-state index contributed by atoms with van der Waals surface area (Å²) in [5.74, 6) is 1.07. The fourth-order valence-electron chi connectivity index (χ4n) is 3.63. The van der Waals surface area contributed by atoms with Crippen LogP contribution in [-0.4, -0.2) is 42.5 Å². The molecule has 0 radical (unpaired) electrons. The molecule has 0 saturated carbocycles. The van der Waals surface area contributed by atoms with E-state index < -0.39 is 0 Å². The Morgan fingerprint density at radius 2 is 2.12 bits per heavy atom. The van der Waals surface area contributed by atoms with Crippen molar-refractivity contribution in [3.8, 4) is 5.69 Å². The zero-order valence-corrected chi connectivity index (χ0v) is 14.3. The van der Waals surface area contributed by atoms with Crippen LogP contribution in [-0.2, 0) is 13.6 Å². The first kappa shape index (κ1) is 15.8. The summed E-state index contributed by atoms with van der Waals surface area (Å²) >= 11 is 0. The lowest BCUT2D eigenvalue weighted by molar-refractivity contribution is 0.195. The van der Waals surface area contributed by atoms with Crippen molar-refractivity contribution in [3.63, 3.8) is 0 Å². The summed E-state index contributed by atoms with van der Waals surface area (Å²) in [7, 11) is 1.94. The number of hydrogen-bond acceptors (Lipinski definition) is 4. The highest BCUT2D eigenvalue weighted by atomic mass is 16.1. The number of aromatic nitrogens is 5. The van der Waals surface area contributed by atoms with E-state index in [1.54, 1.807) is 4.57 Å². The van der Waals surface area contributed by atoms with E-state index in [1.807, 2.05) is 48.3 Å². The fourth-order valence-corrected chi connectivity index (χ4v) is 3.63. The van der Waals surface area contributed by atoms with Gasteiger partial charge >= 0.3 is 5.69 Å². The number of nitrogens with zero attached hydrogens (tertiary/aromatic N) is 5. The van der Waals surface area contributed by atoms with Crippen LogP contribution in [0.1, 0.15) is 30.1 Å². The number of hydrogen-bond donors (Lipinski definition) is 1. The lowest BCUT2D eigenvalue weighted by Crippen LogP contribution is -2.35. The number of benzene rings is 1. The minimum atomic E-state index is -0.175. The normalized spacial score (nSPS) is 18.5. The first-order chi connectivity index (χ1) is 12.2. The number of para-hydroxylation sites is 1. The maximum atomic E-state index is 12.3. The van der Waals surface area contributed by atoms with E-state index in [9.17, 15) is 4.79 Å². The van der Waals surface area contributed by atoms with Gasteiger partial charge in [-0.2, -0.15) is 10.2 Å². The van der Waals surface area contributed by atoms with Crippen molar-refractivity contribution in [1.29, 1.82) is 0 Å². The number of likely N-dealkylation sites (tertiary alicyclic amines) is 1. The molecule has 130 valence electrons. The summed E-state index contributed by atoms with van der Waals surface area (Å²) in [6.45, 7) is 2.84. The fraction of sp³-hybridized carbons (Fsp3) is 0.389. The predicted molar refractivity (Wildman–Crippen MR) is 94.6 cm³/mol. The molecule has 1 aliphatic heterocycles. The van der Waals surface area contributed by atoms with Crippen LogP contribution in [0.2, 0.25) is 0 Å². The summed E-state index contributed by atoms with van der Waals surface area (Å²) in [6, 6.07) is 9.71. The van der Waals surface area contributed by atoms with Crippen LogP contribution in [0.4, 0.5) is 0 Å². The van der Waals surface area contributed by atoms with E-state index in [2.05, 4.69) is 26.4 Å². The van der Waals surface area contributed by atoms with Gasteiger partial charge in [0, 0.05) is 37.8 Å². The number of rotatable bonds is 4. The number of aryl methyl sites for hydroxylation is 1. The Hall–Kier alpha value is -2.67. The van der Waals surface area contributed by atoms with Crippen LogP contribution in [0.5, 0.6) is 0 Å². The molecule has 1 N–H and O–H groups in total. The van der Waals surface area contributed by atoms with Crippen molar-refractivity contribution in [2.75, 3.05) is 13.1 Å². The van der Waals surface area contributed by atoms with Gasteiger partial charge in [-0.3, -0.25) is 9.58 Å². The second kappa shape index (κ2) is 6.68. The molecule has 0 bridgehead atoms. The lowest BCUT2D eigenvalue weighted by Gasteiger charge is -2.31. The summed E-state index contributed by atoms with van der Waals surface area (Å²) in [5.41, 5.74) is 1.90. The van der Waals surface area contributed by atoms with Crippen LogP contribution in [0.3, 0.4) is 0 Å². The van der Waals surface area contributed by atoms with Crippen molar-refractivity contribution >= 4 is 0 Å². The third kappa shape index (κ3) is 3.28. The summed E-state index contributed by atoms with van der Waals surface area (Å²) in [5, 5.41) is 11.2. The van der Waals surface area contributed by atoms with Gasteiger partial charge in [0.05, 0.1) is 11.9 Å². The van der Waals surface area contributed by atoms with E-state index in [-0.39, 0.29) is 11.6 Å². The topological polar surface area (TPSA) is 71.7 Å². The van der Waals surface area contributed by atoms with Gasteiger partial charge in [0.1, 0.15) is 5.82 Å². The quantitative estimate of drug-likeness (QED) is 0.785. The van der Waals surface area contributed by atoms with Crippen LogP contribution >= 0.6 is 0 Å². The first-order valence-corrected chi connectivity index (χ1v) is 8.63. The molecule has 1 saturated heterocycles. The zero-order chi connectivity index (χ0) is 17.2. The van der Waals surface area contributed by atoms with Crippen LogP contribution in [0.25, 0.3) is 5.69 Å². The minimum absolute atomic E-state index is 0.175. The molecule has 1 aromatic carbocycles. The number of H-pyrrole nitrogens is 1. The standard InChI is InChI=1S/C18H22N6O/c1-22-11-14(10-19-22)12-23-9-5-6-15(13-23)17-20-21-18(25)24(17)16-7-3-2-4-8-16/h2-4,7-8,10-11,15H,5-6,9,12-13H2,1H3,(H,21,25)/t15-/m0/s1. The van der Waals surface area contributed by atoms with Gasteiger partial charge in [0.25, 0.3) is 0 Å². The van der Waals surface area contributed by atoms with E-state index >= 15 is 0 Å². The highest BCUT2D eigenvalue weighted by Crippen LogP contribution is 2.27. The van der Waals surface area contributed by atoms with Gasteiger partial charge in [-0.05, 0) is 31.5 Å². The molecule has 1 fully saturated rings. The molecule has 3 heterocycles. The second-order valence-electron chi connectivity index (χ2n) is 6.65. The molecule has 7 heteroatoms. The second-order valence-corrected chi connectivity index (χ2v) is 6.65. The summed E-state index contributed by atoms with van der Waals surface area (Å²) < 4.78 is 3.54. The van der Waals surface area contributed by atoms with Crippen LogP contribution in [0.15, 0.2) is 47.5 Å². The SMILES string of the molecule is Cn1cc(CN2CCC[C@H](c3n[nH]c(=O)n3-c3ccccc3)C2)cn1. The molecule has 4 rings (SSSR count). The average molecular weight is 338 g/mol. The number of piperidine rings is 1. The Kier molecular flexibility index (Phi) is 4.23. The highest BCUT2D eigenvalue weighted by molar-refractivity contribution is 5.32. The minimum Gasteiger partial charge on any atom is -0.298 e. The van der Waals surface area contributed by atoms with Gasteiger partial charge in [0.2, 0.25) is 0 Å². The van der Waals surface area contributed by atoms with Crippen molar-refractivity contribution in [3.05, 3.63) is 64.6 Å². The van der Waals surface area contributed by atoms with Crippen molar-refractivity contribution in [2.24, 2.45) is 7.05 Å². The van der Waals surface area contributed by atoms with Crippen molar-refractivity contribution in [2.45, 2.75) is 25.3 Å². The Balaban J connectivity index is 1.57. The molecular formula is C18H22N6O. The summed E-state index contributed by atoms with van der Waals surface area (Å²) in [4.78, 5) is 14.7. The van der Waals surface area contributed by atoms with E-state index in [4.69, 9.17) is 0 Å². The Morgan fingerprint density at radius 3 is 2.88 bits per heavy atom. The van der Waals surface area contributed by atoms with E-state index in [0.717, 1.165) is 44.0 Å². The summed E-state index contributed by atoms with van der Waals surface area (Å²) in [6.07, 6.45) is 6.11. The highest BCUT2D eigenvalue weighted by Gasteiger charge is 2.26. The van der Waals surface area contributed by atoms with Crippen LogP contribution in [0, 0.1) is 0 Å². The largest absolute Gasteiger partial charge is 0.347 e. The third-order valence-corrected chi connectivity index (χ3v) is 4.75. The molecule has 0 amide bonds. The predicted octanol–water partition coefficient (Wildman–Crippen LogP) is 1.67. The maximum Gasteiger partial charge on any atom is 0.347 e. The Bertz CT molecular complexity index is 894. The molecular weight excluding hydrogens is 316 g/mol. The van der Waals surface area contributed by atoms with Crippen molar-refractivity contribution in [1.82, 2.24) is 29.4 Å². The van der Waals surface area contributed by atoms with Crippen molar-refractivity contribution < 1.29 is 0 Å². The zero-order valence-electron chi connectivity index (χ0n) is 14.3. The molecule has 0 unspecified atom stereocenters. The van der Waals surface area contributed by atoms with Crippen LogP contribution < -0.4 is 5.69 Å². The molecule has 2 aromatic heterocycles. The molecule has 3 aromatic rings. The Labute approximate surface area is 145 Å². The maximum absolute atomic E-state index is 12.3. The van der Waals surface area contributed by atoms with Gasteiger partial charge in [-0.25, -0.2) is 14.5 Å². The third-order valence-electron chi connectivity index (χ3n) is 4.75. The van der Waals surface area contributed by atoms with Gasteiger partial charge in [-0.15, -0.1) is 0 Å². The molecule has 7 nitrogen and oxygen atoms in total. The first-order valence-electron chi connectivity index (χ1n) is 8.63. The molecule has 1 aliphatic rings. The van der Waals surface area contributed by atoms with E-state index in [0.29, 0.717) is 0 Å². The van der Waals surface area contributed by atoms with Gasteiger partial charge in [-0.1, -0.05) is 18.2 Å². The lowest BCUT2D eigenvalue weighted by atomic mass is 9.96. The molecule has 0 spiro atoms.